The second-order valence-corrected chi connectivity index (χ2v) is 15.2. The number of hydrogen-bond donors (Lipinski definition) is 0. The molecule has 7 rings (SSSR count). The predicted molar refractivity (Wildman–Crippen MR) is 211 cm³/mol. The zero-order valence-corrected chi connectivity index (χ0v) is 30.6. The molecule has 0 bridgehead atoms. The summed E-state index contributed by atoms with van der Waals surface area (Å²) in [6.45, 7) is 8.17. The van der Waals surface area contributed by atoms with E-state index in [2.05, 4.69) is 151 Å². The molecule has 0 fully saturated rings. The molecule has 0 saturated heterocycles. The SMILES string of the molecule is CCN1/C(=C/c2sc3cc(/C=C/c4ccccc4)ccc3[n+]2CC)Sc2cc(/C=C/c3ccccc3)ccc21.Cc1ccc(S(=O)(=O)[O-])cc1. The molecule has 252 valence electrons. The van der Waals surface area contributed by atoms with Gasteiger partial charge in [0.05, 0.1) is 21.7 Å². The van der Waals surface area contributed by atoms with Crippen LogP contribution in [0.4, 0.5) is 5.69 Å². The van der Waals surface area contributed by atoms with Crippen molar-refractivity contribution in [1.29, 1.82) is 0 Å². The molecule has 2 heterocycles. The number of thiazole rings is 1. The number of aryl methyl sites for hydroxylation is 2. The van der Waals surface area contributed by atoms with Crippen LogP contribution in [0.15, 0.2) is 136 Å². The van der Waals surface area contributed by atoms with E-state index in [9.17, 15) is 13.0 Å². The van der Waals surface area contributed by atoms with E-state index >= 15 is 0 Å². The summed E-state index contributed by atoms with van der Waals surface area (Å²) in [5.74, 6) is 0. The number of benzene rings is 5. The van der Waals surface area contributed by atoms with Gasteiger partial charge < -0.3 is 9.45 Å². The Morgan fingerprint density at radius 2 is 1.30 bits per heavy atom. The Morgan fingerprint density at radius 3 is 1.88 bits per heavy atom. The third-order valence-electron chi connectivity index (χ3n) is 8.24. The molecule has 1 aliphatic heterocycles. The van der Waals surface area contributed by atoms with Gasteiger partial charge in [-0.05, 0) is 79.4 Å². The van der Waals surface area contributed by atoms with Gasteiger partial charge >= 0.3 is 0 Å². The molecule has 0 unspecified atom stereocenters. The van der Waals surface area contributed by atoms with E-state index in [1.165, 1.54) is 65.2 Å². The van der Waals surface area contributed by atoms with E-state index < -0.39 is 10.1 Å². The van der Waals surface area contributed by atoms with Crippen LogP contribution in [-0.4, -0.2) is 19.5 Å². The number of fused-ring (bicyclic) bond motifs is 2. The van der Waals surface area contributed by atoms with Gasteiger partial charge in [-0.2, -0.15) is 4.57 Å². The lowest BCUT2D eigenvalue weighted by Crippen LogP contribution is -2.33. The second-order valence-electron chi connectivity index (χ2n) is 11.7. The fourth-order valence-corrected chi connectivity index (χ4v) is 8.61. The molecule has 5 nitrogen and oxygen atoms in total. The minimum Gasteiger partial charge on any atom is -0.744 e. The van der Waals surface area contributed by atoms with Crippen molar-refractivity contribution in [2.24, 2.45) is 0 Å². The summed E-state index contributed by atoms with van der Waals surface area (Å²) in [6, 6.07) is 40.3. The molecular formula is C42H38N2O3S3. The van der Waals surface area contributed by atoms with E-state index in [-0.39, 0.29) is 4.90 Å². The first-order valence-corrected chi connectivity index (χ1v) is 19.5. The zero-order chi connectivity index (χ0) is 35.1. The molecular weight excluding hydrogens is 677 g/mol. The van der Waals surface area contributed by atoms with Crippen molar-refractivity contribution >= 4 is 79.5 Å². The highest BCUT2D eigenvalue weighted by Gasteiger charge is 2.27. The van der Waals surface area contributed by atoms with Crippen LogP contribution in [-0.2, 0) is 16.7 Å². The minimum atomic E-state index is -4.27. The number of aromatic nitrogens is 1. The van der Waals surface area contributed by atoms with Gasteiger partial charge in [-0.3, -0.25) is 0 Å². The highest BCUT2D eigenvalue weighted by Crippen LogP contribution is 2.47. The topological polar surface area (TPSA) is 64.3 Å². The number of rotatable bonds is 8. The summed E-state index contributed by atoms with van der Waals surface area (Å²) < 4.78 is 34.9. The second kappa shape index (κ2) is 15.9. The predicted octanol–water partition coefficient (Wildman–Crippen LogP) is 10.4. The van der Waals surface area contributed by atoms with Gasteiger partial charge in [0.25, 0.3) is 5.01 Å². The molecule has 50 heavy (non-hydrogen) atoms. The average Bonchev–Trinajstić information content (AvgIpc) is 3.66. The minimum absolute atomic E-state index is 0.178. The van der Waals surface area contributed by atoms with Crippen molar-refractivity contribution in [3.8, 4) is 0 Å². The molecule has 0 amide bonds. The van der Waals surface area contributed by atoms with Gasteiger partial charge in [0, 0.05) is 17.5 Å². The van der Waals surface area contributed by atoms with Crippen LogP contribution in [0.2, 0.25) is 0 Å². The highest BCUT2D eigenvalue weighted by atomic mass is 32.2. The molecule has 0 N–H and O–H groups in total. The van der Waals surface area contributed by atoms with Gasteiger partial charge in [0.1, 0.15) is 21.4 Å². The van der Waals surface area contributed by atoms with Crippen molar-refractivity contribution < 1.29 is 17.5 Å². The van der Waals surface area contributed by atoms with Crippen molar-refractivity contribution in [1.82, 2.24) is 0 Å². The molecule has 0 aliphatic carbocycles. The zero-order valence-electron chi connectivity index (χ0n) is 28.2. The van der Waals surface area contributed by atoms with Crippen molar-refractivity contribution in [2.75, 3.05) is 11.4 Å². The van der Waals surface area contributed by atoms with Crippen LogP contribution in [0.1, 0.15) is 46.7 Å². The molecule has 0 spiro atoms. The maximum atomic E-state index is 10.4. The fraction of sp³-hybridized carbons (Fsp3) is 0.119. The van der Waals surface area contributed by atoms with Crippen LogP contribution < -0.4 is 9.47 Å². The molecule has 6 aromatic rings. The average molecular weight is 715 g/mol. The molecule has 1 aromatic heterocycles. The third-order valence-corrected chi connectivity index (χ3v) is 11.3. The Hall–Kier alpha value is -4.73. The van der Waals surface area contributed by atoms with Crippen molar-refractivity contribution in [2.45, 2.75) is 37.1 Å². The Morgan fingerprint density at radius 1 is 0.720 bits per heavy atom. The standard InChI is InChI=1S/C35H31N2S2.C7H8O3S/c1-3-36-30-21-19-28(17-15-26-11-7-5-8-12-26)23-32(30)38-34(36)25-35-37(4-2)31-22-20-29(24-33(31)39-35)18-16-27-13-9-6-10-14-27;1-6-2-4-7(5-3-6)11(8,9)10/h5-25H,3-4H2,1-2H3;2-5H,1H3,(H,8,9,10)/q+1;/p-1/b17-15+,18-16+;. The van der Waals surface area contributed by atoms with Crippen molar-refractivity contribution in [3.05, 3.63) is 159 Å². The quantitative estimate of drug-likeness (QED) is 0.0892. The lowest BCUT2D eigenvalue weighted by atomic mass is 10.1. The van der Waals surface area contributed by atoms with E-state index in [0.717, 1.165) is 18.7 Å². The highest BCUT2D eigenvalue weighted by molar-refractivity contribution is 8.04. The maximum Gasteiger partial charge on any atom is 0.265 e. The normalized spacial score (nSPS) is 13.7. The van der Waals surface area contributed by atoms with Gasteiger partial charge in [0.15, 0.2) is 0 Å². The lowest BCUT2D eigenvalue weighted by molar-refractivity contribution is -0.665. The van der Waals surface area contributed by atoms with Crippen LogP contribution in [0.25, 0.3) is 40.6 Å². The Bertz CT molecular complexity index is 2290. The Kier molecular flexibility index (Phi) is 11.1. The summed E-state index contributed by atoms with van der Waals surface area (Å²) in [4.78, 5) is 3.57. The number of nitrogens with zero attached hydrogens (tertiary/aromatic N) is 2. The maximum absolute atomic E-state index is 10.4. The molecule has 5 aromatic carbocycles. The lowest BCUT2D eigenvalue weighted by Gasteiger charge is -2.17. The van der Waals surface area contributed by atoms with Crippen molar-refractivity contribution in [3.63, 3.8) is 0 Å². The molecule has 8 heteroatoms. The fourth-order valence-electron chi connectivity index (χ4n) is 5.64. The Balaban J connectivity index is 0.000000336. The van der Waals surface area contributed by atoms with Crippen LogP contribution in [0.3, 0.4) is 0 Å². The summed E-state index contributed by atoms with van der Waals surface area (Å²) in [5, 5.41) is 2.57. The molecule has 0 radical (unpaired) electrons. The number of anilines is 1. The first-order valence-electron chi connectivity index (χ1n) is 16.5. The number of thioether (sulfide) groups is 1. The largest absolute Gasteiger partial charge is 0.744 e. The van der Waals surface area contributed by atoms with E-state index in [0.29, 0.717) is 0 Å². The summed E-state index contributed by atoms with van der Waals surface area (Å²) in [5.41, 5.74) is 8.40. The first kappa shape index (κ1) is 35.1. The van der Waals surface area contributed by atoms with Crippen LogP contribution in [0.5, 0.6) is 0 Å². The van der Waals surface area contributed by atoms with E-state index in [1.807, 2.05) is 30.0 Å². The van der Waals surface area contributed by atoms with Gasteiger partial charge in [0.2, 0.25) is 5.52 Å². The monoisotopic (exact) mass is 714 g/mol. The van der Waals surface area contributed by atoms with E-state index in [4.69, 9.17) is 0 Å². The number of hydrogen-bond acceptors (Lipinski definition) is 6. The first-order chi connectivity index (χ1) is 24.2. The summed E-state index contributed by atoms with van der Waals surface area (Å²) in [7, 11) is -4.27. The molecule has 1 aliphatic rings. The summed E-state index contributed by atoms with van der Waals surface area (Å²) >= 11 is 3.75. The van der Waals surface area contributed by atoms with Crippen LogP contribution >= 0.6 is 23.1 Å². The van der Waals surface area contributed by atoms with E-state index in [1.54, 1.807) is 12.1 Å². The molecule has 0 atom stereocenters. The third kappa shape index (κ3) is 8.52. The van der Waals surface area contributed by atoms with Gasteiger partial charge in [-0.25, -0.2) is 8.42 Å². The summed E-state index contributed by atoms with van der Waals surface area (Å²) in [6.07, 6.45) is 11.1. The van der Waals surface area contributed by atoms with Gasteiger partial charge in [-0.1, -0.05) is 132 Å². The van der Waals surface area contributed by atoms with Gasteiger partial charge in [-0.15, -0.1) is 0 Å². The Labute approximate surface area is 303 Å². The van der Waals surface area contributed by atoms with Crippen LogP contribution in [0, 0.1) is 6.92 Å². The molecule has 0 saturated carbocycles. The smallest absolute Gasteiger partial charge is 0.265 e.